The van der Waals surface area contributed by atoms with Crippen LogP contribution in [0.15, 0.2) is 36.5 Å². The molecule has 0 spiro atoms. The van der Waals surface area contributed by atoms with Crippen LogP contribution in [-0.2, 0) is 0 Å². The second-order valence-corrected chi connectivity index (χ2v) is 4.54. The Morgan fingerprint density at radius 3 is 2.89 bits per heavy atom. The summed E-state index contributed by atoms with van der Waals surface area (Å²) in [5.74, 6) is -1.43. The van der Waals surface area contributed by atoms with Crippen molar-refractivity contribution in [2.45, 2.75) is 0 Å². The van der Waals surface area contributed by atoms with Crippen LogP contribution in [0.4, 0.5) is 15.8 Å². The second kappa shape index (κ2) is 5.30. The molecule has 2 N–H and O–H groups in total. The van der Waals surface area contributed by atoms with E-state index in [2.05, 4.69) is 10.3 Å². The molecule has 2 rings (SSSR count). The summed E-state index contributed by atoms with van der Waals surface area (Å²) in [6, 6.07) is 7.67. The summed E-state index contributed by atoms with van der Waals surface area (Å²) in [7, 11) is 0. The third kappa shape index (κ3) is 2.76. The molecule has 2 aromatic rings. The molecule has 0 aliphatic carbocycles. The Bertz CT molecular complexity index is 604. The van der Waals surface area contributed by atoms with Crippen LogP contribution in [0.3, 0.4) is 0 Å². The molecule has 0 unspecified atom stereocenters. The number of pyridine rings is 1. The molecule has 0 saturated carbocycles. The van der Waals surface area contributed by atoms with Crippen LogP contribution >= 0.6 is 22.6 Å². The second-order valence-electron chi connectivity index (χ2n) is 3.46. The highest BCUT2D eigenvalue weighted by molar-refractivity contribution is 14.1. The number of rotatable bonds is 3. The summed E-state index contributed by atoms with van der Waals surface area (Å²) in [6.45, 7) is 0. The zero-order valence-electron chi connectivity index (χ0n) is 9.02. The molecule has 1 aromatic carbocycles. The first-order valence-corrected chi connectivity index (χ1v) is 6.06. The van der Waals surface area contributed by atoms with Gasteiger partial charge in [-0.05, 0) is 46.9 Å². The van der Waals surface area contributed by atoms with Crippen LogP contribution in [0.5, 0.6) is 0 Å². The van der Waals surface area contributed by atoms with Crippen LogP contribution in [-0.4, -0.2) is 16.1 Å². The van der Waals surface area contributed by atoms with Crippen molar-refractivity contribution in [3.63, 3.8) is 0 Å². The molecule has 0 aliphatic rings. The summed E-state index contributed by atoms with van der Waals surface area (Å²) in [5, 5.41) is 11.8. The molecular formula is C12H8FIN2O2. The van der Waals surface area contributed by atoms with E-state index < -0.39 is 5.97 Å². The van der Waals surface area contributed by atoms with Crippen LogP contribution < -0.4 is 5.32 Å². The quantitative estimate of drug-likeness (QED) is 0.827. The van der Waals surface area contributed by atoms with Gasteiger partial charge in [-0.3, -0.25) is 0 Å². The van der Waals surface area contributed by atoms with E-state index >= 15 is 0 Å². The number of nitrogens with one attached hydrogen (secondary N) is 1. The van der Waals surface area contributed by atoms with Gasteiger partial charge in [0, 0.05) is 11.9 Å². The number of hydrogen-bond acceptors (Lipinski definition) is 3. The zero-order valence-corrected chi connectivity index (χ0v) is 11.2. The predicted molar refractivity (Wildman–Crippen MR) is 73.6 cm³/mol. The molecule has 1 aromatic heterocycles. The van der Waals surface area contributed by atoms with Gasteiger partial charge in [0.15, 0.2) is 0 Å². The smallest absolute Gasteiger partial charge is 0.354 e. The van der Waals surface area contributed by atoms with Gasteiger partial charge in [0.05, 0.1) is 9.26 Å². The van der Waals surface area contributed by atoms with Crippen LogP contribution in [0, 0.1) is 9.39 Å². The number of carboxylic acid groups (broad SMARTS) is 1. The molecule has 0 fully saturated rings. The lowest BCUT2D eigenvalue weighted by molar-refractivity contribution is 0.0690. The van der Waals surface area contributed by atoms with Crippen molar-refractivity contribution >= 4 is 39.9 Å². The zero-order chi connectivity index (χ0) is 13.1. The standard InChI is InChI=1S/C12H8FIN2O2/c13-8-2-1-3-9(11(8)14)16-7-4-5-15-10(6-7)12(17)18/h1-6H,(H,15,16)(H,17,18). The predicted octanol–water partition coefficient (Wildman–Crippen LogP) is 3.27. The third-order valence-corrected chi connectivity index (χ3v) is 3.31. The van der Waals surface area contributed by atoms with Crippen molar-refractivity contribution in [2.24, 2.45) is 0 Å². The Morgan fingerprint density at radius 1 is 1.39 bits per heavy atom. The Labute approximate surface area is 116 Å². The molecule has 6 heteroatoms. The van der Waals surface area contributed by atoms with Gasteiger partial charge in [-0.1, -0.05) is 6.07 Å². The van der Waals surface area contributed by atoms with E-state index in [-0.39, 0.29) is 11.5 Å². The summed E-state index contributed by atoms with van der Waals surface area (Å²) in [5.41, 5.74) is 1.07. The number of nitrogens with zero attached hydrogens (tertiary/aromatic N) is 1. The topological polar surface area (TPSA) is 62.2 Å². The lowest BCUT2D eigenvalue weighted by Gasteiger charge is -2.09. The lowest BCUT2D eigenvalue weighted by Crippen LogP contribution is -2.01. The number of aromatic nitrogens is 1. The van der Waals surface area contributed by atoms with E-state index in [0.717, 1.165) is 0 Å². The van der Waals surface area contributed by atoms with E-state index in [0.29, 0.717) is 14.9 Å². The molecular weight excluding hydrogens is 350 g/mol. The van der Waals surface area contributed by atoms with Gasteiger partial charge in [-0.2, -0.15) is 0 Å². The van der Waals surface area contributed by atoms with Gasteiger partial charge >= 0.3 is 5.97 Å². The average molecular weight is 358 g/mol. The average Bonchev–Trinajstić information content (AvgIpc) is 2.35. The van der Waals surface area contributed by atoms with Crippen molar-refractivity contribution in [1.82, 2.24) is 4.98 Å². The number of hydrogen-bond donors (Lipinski definition) is 2. The van der Waals surface area contributed by atoms with Gasteiger partial charge in [-0.25, -0.2) is 14.2 Å². The van der Waals surface area contributed by atoms with Crippen LogP contribution in [0.1, 0.15) is 10.5 Å². The maximum Gasteiger partial charge on any atom is 0.354 e. The highest BCUT2D eigenvalue weighted by Crippen LogP contribution is 2.24. The maximum absolute atomic E-state index is 13.3. The highest BCUT2D eigenvalue weighted by Gasteiger charge is 2.08. The van der Waals surface area contributed by atoms with E-state index in [4.69, 9.17) is 5.11 Å². The van der Waals surface area contributed by atoms with Gasteiger partial charge in [0.2, 0.25) is 0 Å². The van der Waals surface area contributed by atoms with E-state index in [1.165, 1.54) is 18.3 Å². The lowest BCUT2D eigenvalue weighted by atomic mass is 10.2. The van der Waals surface area contributed by atoms with E-state index in [9.17, 15) is 9.18 Å². The molecule has 0 aliphatic heterocycles. The molecule has 0 bridgehead atoms. The fourth-order valence-electron chi connectivity index (χ4n) is 1.38. The number of aromatic carboxylic acids is 1. The third-order valence-electron chi connectivity index (χ3n) is 2.21. The highest BCUT2D eigenvalue weighted by atomic mass is 127. The Hall–Kier alpha value is -1.70. The monoisotopic (exact) mass is 358 g/mol. The molecule has 0 atom stereocenters. The summed E-state index contributed by atoms with van der Waals surface area (Å²) >= 11 is 1.88. The molecule has 18 heavy (non-hydrogen) atoms. The van der Waals surface area contributed by atoms with Crippen molar-refractivity contribution in [2.75, 3.05) is 5.32 Å². The van der Waals surface area contributed by atoms with Crippen molar-refractivity contribution < 1.29 is 14.3 Å². The molecule has 4 nitrogen and oxygen atoms in total. The van der Waals surface area contributed by atoms with Gasteiger partial charge in [-0.15, -0.1) is 0 Å². The van der Waals surface area contributed by atoms with E-state index in [1.807, 2.05) is 22.6 Å². The minimum Gasteiger partial charge on any atom is -0.477 e. The number of benzene rings is 1. The van der Waals surface area contributed by atoms with Crippen molar-refractivity contribution in [3.8, 4) is 0 Å². The van der Waals surface area contributed by atoms with Gasteiger partial charge in [0.1, 0.15) is 11.5 Å². The number of halogens is 2. The van der Waals surface area contributed by atoms with Crippen molar-refractivity contribution in [3.05, 3.63) is 51.6 Å². The fraction of sp³-hybridized carbons (Fsp3) is 0. The summed E-state index contributed by atoms with van der Waals surface area (Å²) in [6.07, 6.45) is 1.39. The summed E-state index contributed by atoms with van der Waals surface area (Å²) in [4.78, 5) is 14.5. The molecule has 1 heterocycles. The Balaban J connectivity index is 2.31. The number of carboxylic acids is 1. The minimum absolute atomic E-state index is 0.0635. The van der Waals surface area contributed by atoms with E-state index in [1.54, 1.807) is 18.2 Å². The first kappa shape index (κ1) is 12.7. The first-order chi connectivity index (χ1) is 8.58. The molecule has 0 amide bonds. The van der Waals surface area contributed by atoms with Gasteiger partial charge in [0.25, 0.3) is 0 Å². The first-order valence-electron chi connectivity index (χ1n) is 4.98. The molecule has 92 valence electrons. The largest absolute Gasteiger partial charge is 0.477 e. The SMILES string of the molecule is O=C(O)c1cc(Nc2cccc(F)c2I)ccn1. The Morgan fingerprint density at radius 2 is 2.17 bits per heavy atom. The van der Waals surface area contributed by atoms with Gasteiger partial charge < -0.3 is 10.4 Å². The minimum atomic E-state index is -1.10. The molecule has 0 saturated heterocycles. The fourth-order valence-corrected chi connectivity index (χ4v) is 1.88. The molecule has 0 radical (unpaired) electrons. The summed E-state index contributed by atoms with van der Waals surface area (Å²) < 4.78 is 13.8. The van der Waals surface area contributed by atoms with Crippen LogP contribution in [0.2, 0.25) is 0 Å². The maximum atomic E-state index is 13.3. The number of carbonyl (C=O) groups is 1. The normalized spacial score (nSPS) is 10.1. The Kier molecular flexibility index (Phi) is 3.75. The van der Waals surface area contributed by atoms with Crippen LogP contribution in [0.25, 0.3) is 0 Å². The number of anilines is 2. The van der Waals surface area contributed by atoms with Crippen molar-refractivity contribution in [1.29, 1.82) is 0 Å².